The van der Waals surface area contributed by atoms with Gasteiger partial charge in [-0.3, -0.25) is 14.3 Å². The Balaban J connectivity index is 2.90. The van der Waals surface area contributed by atoms with Crippen molar-refractivity contribution in [3.05, 3.63) is 28.1 Å². The fourth-order valence-corrected chi connectivity index (χ4v) is 2.33. The number of halogens is 1. The van der Waals surface area contributed by atoms with Gasteiger partial charge in [0, 0.05) is 34.9 Å². The van der Waals surface area contributed by atoms with Crippen molar-refractivity contribution in [2.45, 2.75) is 19.4 Å². The lowest BCUT2D eigenvalue weighted by Crippen LogP contribution is -2.18. The lowest BCUT2D eigenvalue weighted by Gasteiger charge is -2.16. The summed E-state index contributed by atoms with van der Waals surface area (Å²) in [5, 5.41) is 13.6. The maximum absolute atomic E-state index is 13.8. The van der Waals surface area contributed by atoms with E-state index in [9.17, 15) is 18.7 Å². The number of methoxy groups -OCH3 is 1. The molecular weight excluding hydrogens is 287 g/mol. The van der Waals surface area contributed by atoms with E-state index in [-0.39, 0.29) is 17.5 Å². The molecule has 0 saturated carbocycles. The molecule has 0 amide bonds. The van der Waals surface area contributed by atoms with Crippen LogP contribution in [-0.4, -0.2) is 34.3 Å². The van der Waals surface area contributed by atoms with Crippen molar-refractivity contribution in [2.75, 3.05) is 24.4 Å². The van der Waals surface area contributed by atoms with E-state index in [0.717, 1.165) is 6.07 Å². The molecule has 1 aromatic carbocycles. The van der Waals surface area contributed by atoms with Crippen LogP contribution in [0.4, 0.5) is 15.8 Å². The van der Waals surface area contributed by atoms with Crippen LogP contribution in [0.3, 0.4) is 0 Å². The largest absolute Gasteiger partial charge is 0.490 e. The van der Waals surface area contributed by atoms with E-state index in [0.29, 0.717) is 12.2 Å². The number of ether oxygens (including phenoxy) is 1. The molecule has 0 heterocycles. The zero-order valence-corrected chi connectivity index (χ0v) is 12.3. The van der Waals surface area contributed by atoms with Gasteiger partial charge in [0.2, 0.25) is 0 Å². The van der Waals surface area contributed by atoms with Crippen molar-refractivity contribution in [2.24, 2.45) is 0 Å². The summed E-state index contributed by atoms with van der Waals surface area (Å²) in [6.07, 6.45) is 2.20. The van der Waals surface area contributed by atoms with Gasteiger partial charge in [-0.1, -0.05) is 0 Å². The van der Waals surface area contributed by atoms with Crippen molar-refractivity contribution in [1.82, 2.24) is 0 Å². The van der Waals surface area contributed by atoms with Crippen LogP contribution < -0.4 is 10.1 Å². The molecule has 112 valence electrons. The first-order valence-electron chi connectivity index (χ1n) is 5.93. The van der Waals surface area contributed by atoms with Crippen LogP contribution in [0.5, 0.6) is 5.75 Å². The molecule has 0 saturated heterocycles. The number of nitrogens with zero attached hydrogens (tertiary/aromatic N) is 1. The van der Waals surface area contributed by atoms with Crippen molar-refractivity contribution in [3.8, 4) is 5.75 Å². The summed E-state index contributed by atoms with van der Waals surface area (Å²) in [4.78, 5) is 10.0. The Labute approximate surface area is 118 Å². The third-order valence-electron chi connectivity index (χ3n) is 2.71. The number of benzene rings is 1. The van der Waals surface area contributed by atoms with E-state index in [4.69, 9.17) is 4.74 Å². The third-order valence-corrected chi connectivity index (χ3v) is 3.52. The predicted molar refractivity (Wildman–Crippen MR) is 76.2 cm³/mol. The summed E-state index contributed by atoms with van der Waals surface area (Å²) in [6, 6.07) is 1.97. The van der Waals surface area contributed by atoms with Crippen LogP contribution in [0.15, 0.2) is 12.1 Å². The Bertz CT molecular complexity index is 524. The van der Waals surface area contributed by atoms with E-state index < -0.39 is 27.2 Å². The maximum Gasteiger partial charge on any atom is 0.313 e. The number of hydrogen-bond acceptors (Lipinski definition) is 5. The second-order valence-electron chi connectivity index (χ2n) is 4.37. The summed E-state index contributed by atoms with van der Waals surface area (Å²) in [5.74, 6) is -0.230. The Morgan fingerprint density at radius 3 is 2.70 bits per heavy atom. The van der Waals surface area contributed by atoms with Gasteiger partial charge >= 0.3 is 5.69 Å². The smallest absolute Gasteiger partial charge is 0.313 e. The molecule has 0 radical (unpaired) electrons. The van der Waals surface area contributed by atoms with Gasteiger partial charge in [-0.2, -0.15) is 0 Å². The van der Waals surface area contributed by atoms with Crippen LogP contribution in [0, 0.1) is 15.9 Å². The van der Waals surface area contributed by atoms with Gasteiger partial charge in [0.1, 0.15) is 0 Å². The summed E-state index contributed by atoms with van der Waals surface area (Å²) in [7, 11) is 0.372. The van der Waals surface area contributed by atoms with Gasteiger partial charge in [-0.25, -0.2) is 4.39 Å². The second kappa shape index (κ2) is 7.18. The molecule has 0 fully saturated rings. The highest BCUT2D eigenvalue weighted by Gasteiger charge is 2.19. The minimum atomic E-state index is -0.913. The SMILES string of the molecule is COc1cc(NC(C)CCS(C)=O)c(F)cc1[N+](=O)[O-]. The molecule has 0 aromatic heterocycles. The Hall–Kier alpha value is -1.70. The third kappa shape index (κ3) is 4.44. The molecule has 2 unspecified atom stereocenters. The Morgan fingerprint density at radius 2 is 2.20 bits per heavy atom. The van der Waals surface area contributed by atoms with Crippen LogP contribution in [-0.2, 0) is 10.8 Å². The molecule has 1 rings (SSSR count). The quantitative estimate of drug-likeness (QED) is 0.617. The van der Waals surface area contributed by atoms with E-state index in [1.807, 2.05) is 6.92 Å². The average molecular weight is 304 g/mol. The Morgan fingerprint density at radius 1 is 1.55 bits per heavy atom. The maximum atomic E-state index is 13.8. The molecule has 6 nitrogen and oxygen atoms in total. The predicted octanol–water partition coefficient (Wildman–Crippen LogP) is 2.31. The van der Waals surface area contributed by atoms with Gasteiger partial charge in [0.05, 0.1) is 23.8 Å². The molecule has 1 aromatic rings. The highest BCUT2D eigenvalue weighted by Crippen LogP contribution is 2.32. The summed E-state index contributed by atoms with van der Waals surface area (Å²) in [6.45, 7) is 1.82. The van der Waals surface area contributed by atoms with Crippen LogP contribution >= 0.6 is 0 Å². The lowest BCUT2D eigenvalue weighted by molar-refractivity contribution is -0.385. The molecule has 0 aliphatic carbocycles. The lowest BCUT2D eigenvalue weighted by atomic mass is 10.2. The number of hydrogen-bond donors (Lipinski definition) is 1. The van der Waals surface area contributed by atoms with Crippen molar-refractivity contribution < 1.29 is 18.3 Å². The van der Waals surface area contributed by atoms with E-state index >= 15 is 0 Å². The van der Waals surface area contributed by atoms with Crippen LogP contribution in [0.25, 0.3) is 0 Å². The van der Waals surface area contributed by atoms with E-state index in [1.54, 1.807) is 6.26 Å². The van der Waals surface area contributed by atoms with Crippen molar-refractivity contribution >= 4 is 22.2 Å². The van der Waals surface area contributed by atoms with Crippen LogP contribution in [0.1, 0.15) is 13.3 Å². The topological polar surface area (TPSA) is 81.5 Å². The fourth-order valence-electron chi connectivity index (χ4n) is 1.64. The van der Waals surface area contributed by atoms with Gasteiger partial charge in [-0.15, -0.1) is 0 Å². The first-order chi connectivity index (χ1) is 9.35. The first-order valence-corrected chi connectivity index (χ1v) is 7.66. The standard InChI is InChI=1S/C12H17FN2O4S/c1-8(4-5-20(3)18)14-10-7-12(19-2)11(15(16)17)6-9(10)13/h6-8,14H,4-5H2,1-3H3. The number of rotatable bonds is 7. The molecule has 2 atom stereocenters. The minimum Gasteiger partial charge on any atom is -0.490 e. The van der Waals surface area contributed by atoms with Crippen molar-refractivity contribution in [1.29, 1.82) is 0 Å². The van der Waals surface area contributed by atoms with Gasteiger partial charge in [-0.05, 0) is 13.3 Å². The zero-order chi connectivity index (χ0) is 15.3. The molecule has 0 aliphatic heterocycles. The number of anilines is 1. The van der Waals surface area contributed by atoms with Gasteiger partial charge in [0.25, 0.3) is 0 Å². The molecule has 0 spiro atoms. The summed E-state index contributed by atoms with van der Waals surface area (Å²) in [5.41, 5.74) is -0.292. The fraction of sp³-hybridized carbons (Fsp3) is 0.500. The Kier molecular flexibility index (Phi) is 5.87. The molecule has 8 heteroatoms. The highest BCUT2D eigenvalue weighted by molar-refractivity contribution is 7.84. The molecule has 0 aliphatic rings. The van der Waals surface area contributed by atoms with Crippen molar-refractivity contribution in [3.63, 3.8) is 0 Å². The number of nitrogens with one attached hydrogen (secondary N) is 1. The minimum absolute atomic E-state index is 0.00910. The van der Waals surface area contributed by atoms with Gasteiger partial charge < -0.3 is 10.1 Å². The average Bonchev–Trinajstić information content (AvgIpc) is 2.38. The van der Waals surface area contributed by atoms with E-state index in [2.05, 4.69) is 5.32 Å². The summed E-state index contributed by atoms with van der Waals surface area (Å²) < 4.78 is 29.7. The molecular formula is C12H17FN2O4S. The number of nitro groups is 1. The normalized spacial score (nSPS) is 13.6. The first kappa shape index (κ1) is 16.4. The molecule has 20 heavy (non-hydrogen) atoms. The molecule has 1 N–H and O–H groups in total. The second-order valence-corrected chi connectivity index (χ2v) is 5.93. The monoisotopic (exact) mass is 304 g/mol. The highest BCUT2D eigenvalue weighted by atomic mass is 32.2. The molecule has 0 bridgehead atoms. The number of nitro benzene ring substituents is 1. The van der Waals surface area contributed by atoms with E-state index in [1.165, 1.54) is 13.2 Å². The summed E-state index contributed by atoms with van der Waals surface area (Å²) >= 11 is 0. The van der Waals surface area contributed by atoms with Gasteiger partial charge in [0.15, 0.2) is 11.6 Å². The zero-order valence-electron chi connectivity index (χ0n) is 11.5. The van der Waals surface area contributed by atoms with Crippen LogP contribution in [0.2, 0.25) is 0 Å².